The fourth-order valence-corrected chi connectivity index (χ4v) is 1.46. The average Bonchev–Trinajstić information content (AvgIpc) is 2.77. The Morgan fingerprint density at radius 3 is 2.61 bits per heavy atom. The highest BCUT2D eigenvalue weighted by molar-refractivity contribution is 6.30. The Labute approximate surface area is 110 Å². The van der Waals surface area contributed by atoms with Gasteiger partial charge in [0.05, 0.1) is 11.1 Å². The van der Waals surface area contributed by atoms with Crippen molar-refractivity contribution >= 4 is 11.6 Å². The Hall–Kier alpha value is -1.46. The minimum Gasteiger partial charge on any atom is -0.337 e. The van der Waals surface area contributed by atoms with E-state index in [1.807, 2.05) is 20.8 Å². The third kappa shape index (κ3) is 2.68. The third-order valence-electron chi connectivity index (χ3n) is 2.60. The van der Waals surface area contributed by atoms with Crippen LogP contribution in [0.2, 0.25) is 5.02 Å². The van der Waals surface area contributed by atoms with Crippen molar-refractivity contribution in [2.45, 2.75) is 26.8 Å². The van der Waals surface area contributed by atoms with Crippen LogP contribution in [0.3, 0.4) is 0 Å². The lowest BCUT2D eigenvalue weighted by Crippen LogP contribution is -2.26. The molecule has 2 rings (SSSR count). The van der Waals surface area contributed by atoms with E-state index in [0.29, 0.717) is 22.4 Å². The van der Waals surface area contributed by atoms with Crippen LogP contribution >= 0.6 is 11.6 Å². The molecule has 0 radical (unpaired) electrons. The molecule has 2 heterocycles. The summed E-state index contributed by atoms with van der Waals surface area (Å²) in [6.07, 6.45) is 1.54. The summed E-state index contributed by atoms with van der Waals surface area (Å²) >= 11 is 5.77. The first kappa shape index (κ1) is 13.0. The van der Waals surface area contributed by atoms with Crippen LogP contribution in [-0.4, -0.2) is 15.1 Å². The van der Waals surface area contributed by atoms with Crippen LogP contribution in [0.25, 0.3) is 11.5 Å². The zero-order chi connectivity index (χ0) is 13.3. The van der Waals surface area contributed by atoms with Gasteiger partial charge in [-0.3, -0.25) is 4.98 Å². The quantitative estimate of drug-likeness (QED) is 0.904. The molecule has 2 aromatic heterocycles. The highest BCUT2D eigenvalue weighted by atomic mass is 35.5. The van der Waals surface area contributed by atoms with Crippen molar-refractivity contribution in [2.75, 3.05) is 0 Å². The lowest BCUT2D eigenvalue weighted by molar-refractivity contribution is 0.253. The monoisotopic (exact) mass is 266 g/mol. The topological polar surface area (TPSA) is 77.8 Å². The van der Waals surface area contributed by atoms with Crippen LogP contribution in [0.4, 0.5) is 0 Å². The second-order valence-corrected chi connectivity index (χ2v) is 5.60. The Morgan fingerprint density at radius 2 is 2.06 bits per heavy atom. The van der Waals surface area contributed by atoms with Crippen molar-refractivity contribution in [1.29, 1.82) is 0 Å². The van der Waals surface area contributed by atoms with Crippen LogP contribution in [-0.2, 0) is 0 Å². The summed E-state index contributed by atoms with van der Waals surface area (Å²) < 4.78 is 5.18. The summed E-state index contributed by atoms with van der Waals surface area (Å²) in [6.45, 7) is 6.05. The molecular weight excluding hydrogens is 252 g/mol. The van der Waals surface area contributed by atoms with E-state index in [1.165, 1.54) is 6.20 Å². The number of halogens is 1. The van der Waals surface area contributed by atoms with E-state index >= 15 is 0 Å². The van der Waals surface area contributed by atoms with E-state index in [-0.39, 0.29) is 11.5 Å². The van der Waals surface area contributed by atoms with Gasteiger partial charge in [-0.15, -0.1) is 0 Å². The first-order valence-electron chi connectivity index (χ1n) is 5.59. The molecule has 1 atom stereocenters. The fraction of sp³-hybridized carbons (Fsp3) is 0.417. The highest BCUT2D eigenvalue weighted by Crippen LogP contribution is 2.30. The zero-order valence-electron chi connectivity index (χ0n) is 10.5. The van der Waals surface area contributed by atoms with Gasteiger partial charge in [0.2, 0.25) is 11.7 Å². The second kappa shape index (κ2) is 4.66. The minimum atomic E-state index is -0.314. The van der Waals surface area contributed by atoms with E-state index in [9.17, 15) is 0 Å². The molecule has 0 aliphatic rings. The van der Waals surface area contributed by atoms with Gasteiger partial charge in [0.15, 0.2) is 0 Å². The minimum absolute atomic E-state index is 0.142. The third-order valence-corrected chi connectivity index (χ3v) is 2.82. The molecule has 0 saturated heterocycles. The SMILES string of the molecule is CC(C)(C)[C@H](N)c1nc(-c2ccc(Cl)cn2)no1. The lowest BCUT2D eigenvalue weighted by atomic mass is 9.87. The maximum absolute atomic E-state index is 6.05. The van der Waals surface area contributed by atoms with E-state index in [0.717, 1.165) is 0 Å². The summed E-state index contributed by atoms with van der Waals surface area (Å²) in [4.78, 5) is 8.39. The molecule has 0 aromatic carbocycles. The molecule has 6 heteroatoms. The Balaban J connectivity index is 2.28. The summed E-state index contributed by atoms with van der Waals surface area (Å²) in [5.41, 5.74) is 6.52. The number of nitrogens with two attached hydrogens (primary N) is 1. The Morgan fingerprint density at radius 1 is 1.33 bits per heavy atom. The molecule has 96 valence electrons. The number of nitrogens with zero attached hydrogens (tertiary/aromatic N) is 3. The summed E-state index contributed by atoms with van der Waals surface area (Å²) in [5.74, 6) is 0.829. The molecule has 5 nitrogen and oxygen atoms in total. The van der Waals surface area contributed by atoms with E-state index in [4.69, 9.17) is 21.9 Å². The molecule has 0 bridgehead atoms. The normalized spacial score (nSPS) is 13.6. The van der Waals surface area contributed by atoms with Crippen LogP contribution in [0.1, 0.15) is 32.7 Å². The van der Waals surface area contributed by atoms with E-state index < -0.39 is 0 Å². The average molecular weight is 267 g/mol. The number of pyridine rings is 1. The van der Waals surface area contributed by atoms with E-state index in [2.05, 4.69) is 15.1 Å². The zero-order valence-corrected chi connectivity index (χ0v) is 11.3. The van der Waals surface area contributed by atoms with Crippen molar-refractivity contribution in [3.63, 3.8) is 0 Å². The molecule has 0 unspecified atom stereocenters. The largest absolute Gasteiger partial charge is 0.337 e. The second-order valence-electron chi connectivity index (χ2n) is 5.16. The molecule has 0 aliphatic heterocycles. The predicted molar refractivity (Wildman–Crippen MR) is 68.9 cm³/mol. The number of aromatic nitrogens is 3. The fourth-order valence-electron chi connectivity index (χ4n) is 1.34. The number of hydrogen-bond acceptors (Lipinski definition) is 5. The van der Waals surface area contributed by atoms with Gasteiger partial charge in [-0.25, -0.2) is 0 Å². The van der Waals surface area contributed by atoms with Crippen molar-refractivity contribution in [3.8, 4) is 11.5 Å². The van der Waals surface area contributed by atoms with Crippen molar-refractivity contribution in [3.05, 3.63) is 29.2 Å². The highest BCUT2D eigenvalue weighted by Gasteiger charge is 2.27. The van der Waals surface area contributed by atoms with Crippen LogP contribution in [0.5, 0.6) is 0 Å². The maximum Gasteiger partial charge on any atom is 0.244 e. The lowest BCUT2D eigenvalue weighted by Gasteiger charge is -2.23. The van der Waals surface area contributed by atoms with Crippen LogP contribution in [0, 0.1) is 5.41 Å². The molecule has 18 heavy (non-hydrogen) atoms. The number of hydrogen-bond donors (Lipinski definition) is 1. The molecule has 0 spiro atoms. The number of rotatable bonds is 2. The molecule has 0 amide bonds. The molecule has 2 aromatic rings. The van der Waals surface area contributed by atoms with Gasteiger partial charge in [-0.2, -0.15) is 4.98 Å². The first-order chi connectivity index (χ1) is 8.38. The molecular formula is C12H15ClN4O. The van der Waals surface area contributed by atoms with Gasteiger partial charge >= 0.3 is 0 Å². The van der Waals surface area contributed by atoms with Crippen LogP contribution in [0.15, 0.2) is 22.9 Å². The Kier molecular flexibility index (Phi) is 3.36. The smallest absolute Gasteiger partial charge is 0.244 e. The van der Waals surface area contributed by atoms with Gasteiger partial charge in [0, 0.05) is 6.20 Å². The van der Waals surface area contributed by atoms with Gasteiger partial charge in [0.1, 0.15) is 5.69 Å². The summed E-state index contributed by atoms with van der Waals surface area (Å²) in [7, 11) is 0. The molecule has 0 fully saturated rings. The van der Waals surface area contributed by atoms with Gasteiger partial charge in [-0.1, -0.05) is 37.5 Å². The predicted octanol–water partition coefficient (Wildman–Crippen LogP) is 2.83. The van der Waals surface area contributed by atoms with Crippen molar-refractivity contribution in [1.82, 2.24) is 15.1 Å². The molecule has 2 N–H and O–H groups in total. The van der Waals surface area contributed by atoms with Crippen molar-refractivity contribution < 1.29 is 4.52 Å². The Bertz CT molecular complexity index is 530. The van der Waals surface area contributed by atoms with Gasteiger partial charge in [-0.05, 0) is 17.5 Å². The molecule has 0 saturated carbocycles. The van der Waals surface area contributed by atoms with Crippen LogP contribution < -0.4 is 5.73 Å². The molecule has 0 aliphatic carbocycles. The summed E-state index contributed by atoms with van der Waals surface area (Å²) in [5, 5.41) is 4.44. The maximum atomic E-state index is 6.05. The van der Waals surface area contributed by atoms with Crippen molar-refractivity contribution in [2.24, 2.45) is 11.1 Å². The van der Waals surface area contributed by atoms with Gasteiger partial charge in [0.25, 0.3) is 0 Å². The first-order valence-corrected chi connectivity index (χ1v) is 5.97. The van der Waals surface area contributed by atoms with Gasteiger partial charge < -0.3 is 10.3 Å². The summed E-state index contributed by atoms with van der Waals surface area (Å²) in [6, 6.07) is 3.15. The van der Waals surface area contributed by atoms with E-state index in [1.54, 1.807) is 12.1 Å². The standard InChI is InChI=1S/C12H15ClN4O/c1-12(2,3)9(14)11-16-10(17-18-11)8-5-4-7(13)6-15-8/h4-6,9H,14H2,1-3H3/t9-/m1/s1.